The molecule has 1 radical (unpaired) electrons. The van der Waals surface area contributed by atoms with Crippen LogP contribution in [0.5, 0.6) is 5.75 Å². The van der Waals surface area contributed by atoms with E-state index in [1.807, 2.05) is 78.9 Å². The van der Waals surface area contributed by atoms with Gasteiger partial charge < -0.3 is 9.53 Å². The summed E-state index contributed by atoms with van der Waals surface area (Å²) in [6.45, 7) is 10.9. The summed E-state index contributed by atoms with van der Waals surface area (Å²) in [5, 5.41) is 13.4. The van der Waals surface area contributed by atoms with Crippen molar-refractivity contribution < 1.29 is 9.53 Å². The van der Waals surface area contributed by atoms with Crippen LogP contribution in [0.2, 0.25) is 13.1 Å². The quantitative estimate of drug-likeness (QED) is 0.277. The van der Waals surface area contributed by atoms with Crippen LogP contribution in [0.4, 0.5) is 0 Å². The molecule has 35 heavy (non-hydrogen) atoms. The van der Waals surface area contributed by atoms with Gasteiger partial charge in [-0.15, -0.1) is 0 Å². The summed E-state index contributed by atoms with van der Waals surface area (Å²) < 4.78 is 6.53. The van der Waals surface area contributed by atoms with Gasteiger partial charge in [-0.1, -0.05) is 130 Å². The van der Waals surface area contributed by atoms with Gasteiger partial charge in [0.05, 0.1) is 5.41 Å². The first-order valence-corrected chi connectivity index (χ1v) is 14.6. The van der Waals surface area contributed by atoms with Gasteiger partial charge in [-0.05, 0) is 41.3 Å². The van der Waals surface area contributed by atoms with Crippen LogP contribution in [0.1, 0.15) is 43.0 Å². The van der Waals surface area contributed by atoms with Crippen molar-refractivity contribution in [3.8, 4) is 5.75 Å². The van der Waals surface area contributed by atoms with Crippen LogP contribution >= 0.6 is 0 Å². The molecule has 0 saturated heterocycles. The highest BCUT2D eigenvalue weighted by Gasteiger charge is 2.61. The first kappa shape index (κ1) is 25.0. The molecule has 0 amide bonds. The maximum absolute atomic E-state index is 13.4. The average molecular weight is 480 g/mol. The van der Waals surface area contributed by atoms with Gasteiger partial charge in [0.2, 0.25) is 0 Å². The van der Waals surface area contributed by atoms with Gasteiger partial charge in [0.25, 0.3) is 9.04 Å². The van der Waals surface area contributed by atoms with E-state index in [1.54, 1.807) is 0 Å². The largest absolute Gasteiger partial charge is 0.542 e. The fraction of sp³-hybridized carbons (Fsp3) is 0.250. The molecule has 4 aromatic rings. The second kappa shape index (κ2) is 9.85. The molecule has 0 fully saturated rings. The standard InChI is InChI=1S/C32H35O2Si/c1-30(2,3)31(25-17-9-6-10-18-25,28-23-15-16-24-29(28)34-35(4)5)32(33,26-19-11-7-12-20-26)27-21-13-8-14-22-27/h6-24,33H,1-5H3. The summed E-state index contributed by atoms with van der Waals surface area (Å²) in [7, 11) is -1.05. The van der Waals surface area contributed by atoms with Gasteiger partial charge in [-0.2, -0.15) is 0 Å². The van der Waals surface area contributed by atoms with Gasteiger partial charge in [0.15, 0.2) is 0 Å². The van der Waals surface area contributed by atoms with E-state index >= 15 is 0 Å². The third kappa shape index (κ3) is 4.24. The van der Waals surface area contributed by atoms with Crippen molar-refractivity contribution in [1.29, 1.82) is 0 Å². The minimum absolute atomic E-state index is 0.428. The first-order chi connectivity index (χ1) is 16.7. The van der Waals surface area contributed by atoms with Crippen LogP contribution in [0.3, 0.4) is 0 Å². The fourth-order valence-electron chi connectivity index (χ4n) is 5.67. The summed E-state index contributed by atoms with van der Waals surface area (Å²) >= 11 is 0. The molecule has 0 aliphatic rings. The van der Waals surface area contributed by atoms with Crippen LogP contribution in [0.25, 0.3) is 0 Å². The zero-order valence-corrected chi connectivity index (χ0v) is 22.3. The Morgan fingerprint density at radius 1 is 0.571 bits per heavy atom. The lowest BCUT2D eigenvalue weighted by Crippen LogP contribution is -2.58. The van der Waals surface area contributed by atoms with E-state index in [1.165, 1.54) is 0 Å². The zero-order valence-electron chi connectivity index (χ0n) is 21.3. The maximum Gasteiger partial charge on any atom is 0.274 e. The fourth-order valence-corrected chi connectivity index (χ4v) is 6.29. The van der Waals surface area contributed by atoms with Crippen molar-refractivity contribution in [3.05, 3.63) is 138 Å². The normalized spacial score (nSPS) is 13.9. The van der Waals surface area contributed by atoms with E-state index in [-0.39, 0.29) is 0 Å². The number of benzene rings is 4. The lowest BCUT2D eigenvalue weighted by molar-refractivity contribution is -0.0422. The minimum atomic E-state index is -1.40. The molecule has 179 valence electrons. The van der Waals surface area contributed by atoms with E-state index in [0.717, 1.165) is 28.0 Å². The Bertz CT molecular complexity index is 1190. The molecule has 4 aromatic carbocycles. The molecule has 1 atom stereocenters. The second-order valence-electron chi connectivity index (χ2n) is 10.3. The lowest BCUT2D eigenvalue weighted by Gasteiger charge is -2.56. The Hall–Kier alpha value is -3.14. The molecule has 0 spiro atoms. The highest BCUT2D eigenvalue weighted by Crippen LogP contribution is 2.61. The van der Waals surface area contributed by atoms with Crippen LogP contribution < -0.4 is 4.43 Å². The molecule has 0 heterocycles. The second-order valence-corrected chi connectivity index (χ2v) is 12.3. The number of rotatable bonds is 7. The van der Waals surface area contributed by atoms with Crippen molar-refractivity contribution in [1.82, 2.24) is 0 Å². The molecule has 0 aromatic heterocycles. The van der Waals surface area contributed by atoms with Gasteiger partial charge in [0, 0.05) is 5.56 Å². The molecule has 1 N–H and O–H groups in total. The third-order valence-electron chi connectivity index (χ3n) is 6.86. The van der Waals surface area contributed by atoms with Crippen molar-refractivity contribution in [2.45, 2.75) is 44.9 Å². The molecule has 1 unspecified atom stereocenters. The average Bonchev–Trinajstić information content (AvgIpc) is 2.86. The topological polar surface area (TPSA) is 29.5 Å². The monoisotopic (exact) mass is 479 g/mol. The van der Waals surface area contributed by atoms with Crippen LogP contribution in [-0.4, -0.2) is 14.1 Å². The Labute approximate surface area is 212 Å². The van der Waals surface area contributed by atoms with E-state index in [4.69, 9.17) is 4.43 Å². The molecule has 0 bridgehead atoms. The summed E-state index contributed by atoms with van der Waals surface area (Å²) in [6, 6.07) is 38.8. The van der Waals surface area contributed by atoms with Crippen LogP contribution in [-0.2, 0) is 11.0 Å². The zero-order chi connectivity index (χ0) is 25.1. The smallest absolute Gasteiger partial charge is 0.274 e. The highest BCUT2D eigenvalue weighted by atomic mass is 28.3. The Kier molecular flexibility index (Phi) is 7.02. The Balaban J connectivity index is 2.25. The minimum Gasteiger partial charge on any atom is -0.542 e. The third-order valence-corrected chi connectivity index (χ3v) is 7.49. The summed E-state index contributed by atoms with van der Waals surface area (Å²) in [4.78, 5) is 0. The summed E-state index contributed by atoms with van der Waals surface area (Å²) in [5.41, 5.74) is 1.00. The molecule has 0 aliphatic heterocycles. The van der Waals surface area contributed by atoms with Gasteiger partial charge in [-0.25, -0.2) is 0 Å². The van der Waals surface area contributed by atoms with Crippen molar-refractivity contribution in [2.75, 3.05) is 0 Å². The molecular weight excluding hydrogens is 444 g/mol. The number of hydrogen-bond acceptors (Lipinski definition) is 2. The van der Waals surface area contributed by atoms with Gasteiger partial charge >= 0.3 is 0 Å². The van der Waals surface area contributed by atoms with Crippen LogP contribution in [0, 0.1) is 5.41 Å². The first-order valence-electron chi connectivity index (χ1n) is 12.2. The van der Waals surface area contributed by atoms with E-state index < -0.39 is 25.5 Å². The van der Waals surface area contributed by atoms with Crippen molar-refractivity contribution in [3.63, 3.8) is 0 Å². The van der Waals surface area contributed by atoms with Crippen LogP contribution in [0.15, 0.2) is 115 Å². The van der Waals surface area contributed by atoms with E-state index in [9.17, 15) is 5.11 Å². The predicted molar refractivity (Wildman–Crippen MR) is 147 cm³/mol. The Morgan fingerprint density at radius 2 is 0.971 bits per heavy atom. The summed E-state index contributed by atoms with van der Waals surface area (Å²) in [6.07, 6.45) is 0. The molecule has 3 heteroatoms. The SMILES string of the molecule is C[Si](C)Oc1ccccc1C(c1ccccc1)(C(C)(C)C)C(O)(c1ccccc1)c1ccccc1. The maximum atomic E-state index is 13.4. The van der Waals surface area contributed by atoms with Crippen molar-refractivity contribution in [2.24, 2.45) is 5.41 Å². The van der Waals surface area contributed by atoms with Gasteiger partial charge in [0.1, 0.15) is 11.4 Å². The van der Waals surface area contributed by atoms with E-state index in [2.05, 4.69) is 70.3 Å². The molecule has 0 saturated carbocycles. The molecule has 2 nitrogen and oxygen atoms in total. The molecule has 4 rings (SSSR count). The highest BCUT2D eigenvalue weighted by molar-refractivity contribution is 6.49. The molecule has 0 aliphatic carbocycles. The predicted octanol–water partition coefficient (Wildman–Crippen LogP) is 7.58. The van der Waals surface area contributed by atoms with Crippen molar-refractivity contribution >= 4 is 9.04 Å². The number of hydrogen-bond donors (Lipinski definition) is 1. The molecular formula is C32H35O2Si. The number of para-hydroxylation sites is 1. The number of aliphatic hydroxyl groups is 1. The van der Waals surface area contributed by atoms with E-state index in [0.29, 0.717) is 0 Å². The lowest BCUT2D eigenvalue weighted by atomic mass is 9.48. The Morgan fingerprint density at radius 3 is 1.40 bits per heavy atom. The summed E-state index contributed by atoms with van der Waals surface area (Å²) in [5.74, 6) is 0.829. The van der Waals surface area contributed by atoms with Gasteiger partial charge in [-0.3, -0.25) is 0 Å².